The zero-order valence-corrected chi connectivity index (χ0v) is 10.5. The Labute approximate surface area is 94.2 Å². The van der Waals surface area contributed by atoms with Gasteiger partial charge in [-0.05, 0) is 50.0 Å². The van der Waals surface area contributed by atoms with E-state index in [4.69, 9.17) is 5.73 Å². The lowest BCUT2D eigenvalue weighted by molar-refractivity contribution is 0.0615. The molecule has 3 atom stereocenters. The van der Waals surface area contributed by atoms with Gasteiger partial charge in [0.15, 0.2) is 0 Å². The number of nitrogens with two attached hydrogens (primary N) is 1. The summed E-state index contributed by atoms with van der Waals surface area (Å²) in [5.74, 6) is 1.71. The van der Waals surface area contributed by atoms with Crippen LogP contribution in [0.2, 0.25) is 0 Å². The van der Waals surface area contributed by atoms with E-state index in [1.54, 1.807) is 0 Å². The van der Waals surface area contributed by atoms with E-state index < -0.39 is 0 Å². The van der Waals surface area contributed by atoms with Crippen LogP contribution < -0.4 is 5.73 Å². The van der Waals surface area contributed by atoms with Gasteiger partial charge in [0, 0.05) is 19.1 Å². The summed E-state index contributed by atoms with van der Waals surface area (Å²) >= 11 is 0. The minimum absolute atomic E-state index is 0.505. The van der Waals surface area contributed by atoms with Crippen molar-refractivity contribution in [3.63, 3.8) is 0 Å². The molecule has 0 bridgehead atoms. The van der Waals surface area contributed by atoms with Crippen LogP contribution in [0.15, 0.2) is 0 Å². The molecular formula is C13H26N2. The van der Waals surface area contributed by atoms with Crippen LogP contribution in [-0.4, -0.2) is 30.6 Å². The fourth-order valence-corrected chi connectivity index (χ4v) is 3.08. The summed E-state index contributed by atoms with van der Waals surface area (Å²) in [5, 5.41) is 0. The molecule has 15 heavy (non-hydrogen) atoms. The minimum atomic E-state index is 0.505. The predicted octanol–water partition coefficient (Wildman–Crippen LogP) is 2.09. The third-order valence-electron chi connectivity index (χ3n) is 4.65. The molecule has 88 valence electrons. The molecule has 1 saturated carbocycles. The van der Waals surface area contributed by atoms with Crippen LogP contribution in [-0.2, 0) is 0 Å². The van der Waals surface area contributed by atoms with E-state index in [0.29, 0.717) is 5.41 Å². The van der Waals surface area contributed by atoms with Crippen molar-refractivity contribution in [2.75, 3.05) is 19.6 Å². The lowest BCUT2D eigenvalue weighted by atomic mass is 9.85. The van der Waals surface area contributed by atoms with Gasteiger partial charge in [-0.2, -0.15) is 0 Å². The molecule has 0 aromatic carbocycles. The molecular weight excluding hydrogens is 184 g/mol. The number of nitrogens with zero attached hydrogens (tertiary/aromatic N) is 1. The largest absolute Gasteiger partial charge is 0.330 e. The van der Waals surface area contributed by atoms with Gasteiger partial charge in [0.25, 0.3) is 0 Å². The fourth-order valence-electron chi connectivity index (χ4n) is 3.08. The summed E-state index contributed by atoms with van der Waals surface area (Å²) < 4.78 is 0. The van der Waals surface area contributed by atoms with Crippen molar-refractivity contribution in [1.29, 1.82) is 0 Å². The molecule has 1 heterocycles. The van der Waals surface area contributed by atoms with E-state index in [-0.39, 0.29) is 0 Å². The highest BCUT2D eigenvalue weighted by Crippen LogP contribution is 2.46. The first-order chi connectivity index (χ1) is 7.06. The van der Waals surface area contributed by atoms with Crippen molar-refractivity contribution in [2.45, 2.75) is 46.1 Å². The number of rotatable bonds is 3. The van der Waals surface area contributed by atoms with Crippen LogP contribution in [0.3, 0.4) is 0 Å². The average molecular weight is 210 g/mol. The van der Waals surface area contributed by atoms with Crippen LogP contribution in [0.4, 0.5) is 0 Å². The predicted molar refractivity (Wildman–Crippen MR) is 64.7 cm³/mol. The van der Waals surface area contributed by atoms with Crippen molar-refractivity contribution in [3.8, 4) is 0 Å². The molecule has 2 nitrogen and oxygen atoms in total. The molecule has 2 fully saturated rings. The van der Waals surface area contributed by atoms with Crippen molar-refractivity contribution in [3.05, 3.63) is 0 Å². The topological polar surface area (TPSA) is 29.3 Å². The van der Waals surface area contributed by atoms with Gasteiger partial charge in [-0.3, -0.25) is 4.90 Å². The second-order valence-corrected chi connectivity index (χ2v) is 6.19. The summed E-state index contributed by atoms with van der Waals surface area (Å²) in [6.45, 7) is 10.6. The van der Waals surface area contributed by atoms with Crippen LogP contribution in [0, 0.1) is 17.3 Å². The van der Waals surface area contributed by atoms with E-state index >= 15 is 0 Å². The zero-order valence-electron chi connectivity index (χ0n) is 10.5. The van der Waals surface area contributed by atoms with Gasteiger partial charge in [0.2, 0.25) is 0 Å². The molecule has 3 unspecified atom stereocenters. The van der Waals surface area contributed by atoms with Gasteiger partial charge in [-0.25, -0.2) is 0 Å². The highest BCUT2D eigenvalue weighted by Gasteiger charge is 2.44. The fraction of sp³-hybridized carbons (Fsp3) is 1.00. The Bertz CT molecular complexity index is 223. The van der Waals surface area contributed by atoms with Gasteiger partial charge >= 0.3 is 0 Å². The Hall–Kier alpha value is -0.0800. The normalized spacial score (nSPS) is 40.4. The van der Waals surface area contributed by atoms with Crippen molar-refractivity contribution < 1.29 is 0 Å². The Morgan fingerprint density at radius 3 is 2.47 bits per heavy atom. The monoisotopic (exact) mass is 210 g/mol. The highest BCUT2D eigenvalue weighted by molar-refractivity contribution is 4.98. The SMILES string of the molecule is CC1CC(C)C(C)N(CC2(CN)CC2)C1. The Kier molecular flexibility index (Phi) is 3.09. The maximum absolute atomic E-state index is 5.87. The number of hydrogen-bond donors (Lipinski definition) is 1. The third-order valence-corrected chi connectivity index (χ3v) is 4.65. The van der Waals surface area contributed by atoms with Crippen LogP contribution in [0.1, 0.15) is 40.0 Å². The second-order valence-electron chi connectivity index (χ2n) is 6.19. The number of likely N-dealkylation sites (tertiary alicyclic amines) is 1. The molecule has 2 heteroatoms. The molecule has 0 spiro atoms. The maximum Gasteiger partial charge on any atom is 0.00930 e. The molecule has 0 radical (unpaired) electrons. The lowest BCUT2D eigenvalue weighted by Crippen LogP contribution is -2.48. The number of piperidine rings is 1. The summed E-state index contributed by atoms with van der Waals surface area (Å²) in [4.78, 5) is 2.69. The molecule has 1 aliphatic carbocycles. The van der Waals surface area contributed by atoms with E-state index in [2.05, 4.69) is 25.7 Å². The van der Waals surface area contributed by atoms with E-state index in [9.17, 15) is 0 Å². The minimum Gasteiger partial charge on any atom is -0.330 e. The second kappa shape index (κ2) is 4.06. The van der Waals surface area contributed by atoms with Gasteiger partial charge in [0.05, 0.1) is 0 Å². The molecule has 2 rings (SSSR count). The first-order valence-corrected chi connectivity index (χ1v) is 6.50. The van der Waals surface area contributed by atoms with E-state index in [1.165, 1.54) is 32.4 Å². The van der Waals surface area contributed by atoms with Gasteiger partial charge in [0.1, 0.15) is 0 Å². The molecule has 0 amide bonds. The standard InChI is InChI=1S/C13H26N2/c1-10-6-11(2)12(3)15(7-10)9-13(8-14)4-5-13/h10-12H,4-9,14H2,1-3H3. The van der Waals surface area contributed by atoms with Gasteiger partial charge in [-0.1, -0.05) is 13.8 Å². The van der Waals surface area contributed by atoms with Crippen molar-refractivity contribution >= 4 is 0 Å². The van der Waals surface area contributed by atoms with Crippen LogP contribution in [0.5, 0.6) is 0 Å². The lowest BCUT2D eigenvalue weighted by Gasteiger charge is -2.42. The highest BCUT2D eigenvalue weighted by atomic mass is 15.2. The molecule has 0 aromatic heterocycles. The summed E-state index contributed by atoms with van der Waals surface area (Å²) in [5.41, 5.74) is 6.38. The Morgan fingerprint density at radius 2 is 1.93 bits per heavy atom. The maximum atomic E-state index is 5.87. The zero-order chi connectivity index (χ0) is 11.1. The first-order valence-electron chi connectivity index (χ1n) is 6.50. The molecule has 0 aromatic rings. The van der Waals surface area contributed by atoms with E-state index in [1.807, 2.05) is 0 Å². The molecule has 2 aliphatic rings. The van der Waals surface area contributed by atoms with Crippen molar-refractivity contribution in [2.24, 2.45) is 23.0 Å². The van der Waals surface area contributed by atoms with Gasteiger partial charge < -0.3 is 5.73 Å². The molecule has 1 aliphatic heterocycles. The van der Waals surface area contributed by atoms with Crippen LogP contribution >= 0.6 is 0 Å². The molecule has 2 N–H and O–H groups in total. The third kappa shape index (κ3) is 2.36. The summed E-state index contributed by atoms with van der Waals surface area (Å²) in [6, 6.07) is 0.755. The Morgan fingerprint density at radius 1 is 1.27 bits per heavy atom. The summed E-state index contributed by atoms with van der Waals surface area (Å²) in [6.07, 6.45) is 4.11. The summed E-state index contributed by atoms with van der Waals surface area (Å²) in [7, 11) is 0. The van der Waals surface area contributed by atoms with Gasteiger partial charge in [-0.15, -0.1) is 0 Å². The van der Waals surface area contributed by atoms with Crippen molar-refractivity contribution in [1.82, 2.24) is 4.90 Å². The van der Waals surface area contributed by atoms with Crippen LogP contribution in [0.25, 0.3) is 0 Å². The number of hydrogen-bond acceptors (Lipinski definition) is 2. The Balaban J connectivity index is 1.95. The van der Waals surface area contributed by atoms with E-state index in [0.717, 1.165) is 24.4 Å². The quantitative estimate of drug-likeness (QED) is 0.773. The average Bonchev–Trinajstić information content (AvgIpc) is 2.94. The smallest absolute Gasteiger partial charge is 0.00930 e. The molecule has 1 saturated heterocycles. The first kappa shape index (κ1) is 11.4.